The maximum Gasteiger partial charge on any atom is 0.338 e. The zero-order chi connectivity index (χ0) is 22.6. The van der Waals surface area contributed by atoms with Gasteiger partial charge >= 0.3 is 11.9 Å². The zero-order valence-corrected chi connectivity index (χ0v) is 18.9. The van der Waals surface area contributed by atoms with Crippen LogP contribution in [0.1, 0.15) is 56.8 Å². The van der Waals surface area contributed by atoms with Crippen LogP contribution in [-0.4, -0.2) is 33.6 Å². The van der Waals surface area contributed by atoms with Crippen LogP contribution in [0.2, 0.25) is 0 Å². The van der Waals surface area contributed by atoms with Crippen molar-refractivity contribution in [1.29, 1.82) is 0 Å². The molecule has 0 radical (unpaired) electrons. The van der Waals surface area contributed by atoms with Gasteiger partial charge < -0.3 is 9.47 Å². The molecule has 0 aromatic heterocycles. The Balaban J connectivity index is 2.58. The summed E-state index contributed by atoms with van der Waals surface area (Å²) in [6, 6.07) is 5.93. The molecule has 30 heavy (non-hydrogen) atoms. The van der Waals surface area contributed by atoms with E-state index in [0.29, 0.717) is 11.1 Å². The molecule has 0 saturated carbocycles. The average molecular weight is 434 g/mol. The molecule has 0 atom stereocenters. The Morgan fingerprint density at radius 2 is 1.23 bits per heavy atom. The van der Waals surface area contributed by atoms with Crippen LogP contribution in [0.5, 0.6) is 0 Å². The highest BCUT2D eigenvalue weighted by Crippen LogP contribution is 2.28. The van der Waals surface area contributed by atoms with Crippen LogP contribution in [0, 0.1) is 27.7 Å². The number of carbonyl (C=O) groups excluding carboxylic acids is 2. The molecule has 8 heteroatoms. The van der Waals surface area contributed by atoms with Crippen LogP contribution in [0.3, 0.4) is 0 Å². The number of carbonyl (C=O) groups is 2. The molecule has 2 rings (SSSR count). The van der Waals surface area contributed by atoms with E-state index in [2.05, 4.69) is 4.72 Å². The van der Waals surface area contributed by atoms with Gasteiger partial charge in [0.15, 0.2) is 0 Å². The molecule has 0 spiro atoms. The van der Waals surface area contributed by atoms with E-state index < -0.39 is 22.0 Å². The van der Waals surface area contributed by atoms with Crippen molar-refractivity contribution in [3.05, 3.63) is 57.6 Å². The molecule has 0 amide bonds. The lowest BCUT2D eigenvalue weighted by Crippen LogP contribution is -2.18. The van der Waals surface area contributed by atoms with E-state index in [9.17, 15) is 18.0 Å². The van der Waals surface area contributed by atoms with E-state index in [-0.39, 0.29) is 34.9 Å². The third-order valence-electron chi connectivity index (χ3n) is 4.77. The third-order valence-corrected chi connectivity index (χ3v) is 6.43. The number of esters is 2. The summed E-state index contributed by atoms with van der Waals surface area (Å²) in [5.41, 5.74) is 3.15. The number of ether oxygens (including phenoxy) is 2. The number of anilines is 1. The van der Waals surface area contributed by atoms with Gasteiger partial charge in [0, 0.05) is 0 Å². The first-order valence-electron chi connectivity index (χ1n) is 9.61. The van der Waals surface area contributed by atoms with E-state index in [0.717, 1.165) is 11.1 Å². The Hall–Kier alpha value is -2.87. The number of hydrogen-bond acceptors (Lipinski definition) is 6. The highest BCUT2D eigenvalue weighted by molar-refractivity contribution is 7.92. The van der Waals surface area contributed by atoms with Crippen LogP contribution >= 0.6 is 0 Å². The summed E-state index contributed by atoms with van der Waals surface area (Å²) in [5, 5.41) is 0. The van der Waals surface area contributed by atoms with Crippen molar-refractivity contribution in [1.82, 2.24) is 0 Å². The fourth-order valence-corrected chi connectivity index (χ4v) is 4.80. The van der Waals surface area contributed by atoms with E-state index in [1.165, 1.54) is 18.2 Å². The Kier molecular flexibility index (Phi) is 7.25. The van der Waals surface area contributed by atoms with Crippen molar-refractivity contribution in [3.8, 4) is 0 Å². The predicted molar refractivity (Wildman–Crippen MR) is 115 cm³/mol. The minimum absolute atomic E-state index is 0.0500. The lowest BCUT2D eigenvalue weighted by molar-refractivity contribution is 0.0525. The van der Waals surface area contributed by atoms with Crippen molar-refractivity contribution in [3.63, 3.8) is 0 Å². The summed E-state index contributed by atoms with van der Waals surface area (Å²) in [5.74, 6) is -1.33. The van der Waals surface area contributed by atoms with Crippen molar-refractivity contribution in [2.75, 3.05) is 17.9 Å². The number of benzene rings is 2. The minimum Gasteiger partial charge on any atom is -0.462 e. The van der Waals surface area contributed by atoms with Crippen LogP contribution in [-0.2, 0) is 19.5 Å². The van der Waals surface area contributed by atoms with E-state index in [1.807, 2.05) is 19.9 Å². The Labute approximate surface area is 177 Å². The third kappa shape index (κ3) is 4.99. The van der Waals surface area contributed by atoms with Gasteiger partial charge in [-0.05, 0) is 82.0 Å². The van der Waals surface area contributed by atoms with Gasteiger partial charge in [-0.2, -0.15) is 0 Å². The largest absolute Gasteiger partial charge is 0.462 e. The molecule has 2 aromatic rings. The molecule has 0 unspecified atom stereocenters. The molecule has 0 fully saturated rings. The minimum atomic E-state index is -3.98. The van der Waals surface area contributed by atoms with Gasteiger partial charge in [0.1, 0.15) is 0 Å². The Morgan fingerprint density at radius 3 is 1.63 bits per heavy atom. The second kappa shape index (κ2) is 9.30. The molecule has 0 saturated heterocycles. The predicted octanol–water partition coefficient (Wildman–Crippen LogP) is 4.07. The lowest BCUT2D eigenvalue weighted by atomic mass is 10.0. The lowest BCUT2D eigenvalue weighted by Gasteiger charge is -2.17. The number of hydrogen-bond donors (Lipinski definition) is 1. The number of aryl methyl sites for hydroxylation is 2. The first kappa shape index (κ1) is 23.4. The molecular weight excluding hydrogens is 406 g/mol. The van der Waals surface area contributed by atoms with Crippen molar-refractivity contribution in [2.24, 2.45) is 0 Å². The zero-order valence-electron chi connectivity index (χ0n) is 18.1. The summed E-state index contributed by atoms with van der Waals surface area (Å²) < 4.78 is 38.9. The standard InChI is InChI=1S/C22H27NO6S/c1-7-28-21(24)17-10-18(22(25)29-8-2)12-19(11-17)23-30(26,27)20-15(5)13(3)9-14(4)16(20)6/h9-12,23H,7-8H2,1-6H3. The summed E-state index contributed by atoms with van der Waals surface area (Å²) in [7, 11) is -3.98. The SMILES string of the molecule is CCOC(=O)c1cc(NS(=O)(=O)c2c(C)c(C)cc(C)c2C)cc(C(=O)OCC)c1. The molecule has 0 aliphatic rings. The van der Waals surface area contributed by atoms with Gasteiger partial charge in [-0.1, -0.05) is 6.07 Å². The fraction of sp³-hybridized carbons (Fsp3) is 0.364. The second-order valence-electron chi connectivity index (χ2n) is 6.93. The maximum absolute atomic E-state index is 13.2. The van der Waals surface area contributed by atoms with Crippen molar-refractivity contribution in [2.45, 2.75) is 46.4 Å². The van der Waals surface area contributed by atoms with Gasteiger partial charge in [0.2, 0.25) is 0 Å². The number of nitrogens with one attached hydrogen (secondary N) is 1. The summed E-state index contributed by atoms with van der Waals surface area (Å²) in [4.78, 5) is 24.6. The molecule has 1 N–H and O–H groups in total. The summed E-state index contributed by atoms with van der Waals surface area (Å²) in [6.45, 7) is 10.8. The maximum atomic E-state index is 13.2. The van der Waals surface area contributed by atoms with Crippen LogP contribution < -0.4 is 4.72 Å². The average Bonchev–Trinajstić information content (AvgIpc) is 2.66. The van der Waals surface area contributed by atoms with E-state index in [1.54, 1.807) is 27.7 Å². The van der Waals surface area contributed by atoms with E-state index in [4.69, 9.17) is 9.47 Å². The first-order valence-corrected chi connectivity index (χ1v) is 11.1. The second-order valence-corrected chi connectivity index (χ2v) is 8.55. The highest BCUT2D eigenvalue weighted by Gasteiger charge is 2.24. The smallest absolute Gasteiger partial charge is 0.338 e. The molecule has 0 aliphatic carbocycles. The summed E-state index contributed by atoms with van der Waals surface area (Å²) >= 11 is 0. The number of rotatable bonds is 7. The topological polar surface area (TPSA) is 98.8 Å². The van der Waals surface area contributed by atoms with Gasteiger partial charge in [-0.15, -0.1) is 0 Å². The van der Waals surface area contributed by atoms with E-state index >= 15 is 0 Å². The molecule has 162 valence electrons. The molecule has 2 aromatic carbocycles. The Bertz CT molecular complexity index is 1030. The molecular formula is C22H27NO6S. The summed E-state index contributed by atoms with van der Waals surface area (Å²) in [6.07, 6.45) is 0. The van der Waals surface area contributed by atoms with Gasteiger partial charge in [0.25, 0.3) is 10.0 Å². The van der Waals surface area contributed by atoms with Crippen LogP contribution in [0.25, 0.3) is 0 Å². The van der Waals surface area contributed by atoms with Gasteiger partial charge in [-0.3, -0.25) is 4.72 Å². The van der Waals surface area contributed by atoms with Crippen molar-refractivity contribution >= 4 is 27.6 Å². The normalized spacial score (nSPS) is 11.1. The molecule has 0 aliphatic heterocycles. The van der Waals surface area contributed by atoms with Crippen LogP contribution in [0.15, 0.2) is 29.2 Å². The monoisotopic (exact) mass is 433 g/mol. The van der Waals surface area contributed by atoms with Crippen LogP contribution in [0.4, 0.5) is 5.69 Å². The first-order chi connectivity index (χ1) is 14.0. The highest BCUT2D eigenvalue weighted by atomic mass is 32.2. The quantitative estimate of drug-likeness (QED) is 0.661. The van der Waals surface area contributed by atoms with Crippen molar-refractivity contribution < 1.29 is 27.5 Å². The van der Waals surface area contributed by atoms with Gasteiger partial charge in [0.05, 0.1) is 34.9 Å². The number of sulfonamides is 1. The molecule has 7 nitrogen and oxygen atoms in total. The molecule has 0 bridgehead atoms. The van der Waals surface area contributed by atoms with Gasteiger partial charge in [-0.25, -0.2) is 18.0 Å². The fourth-order valence-electron chi connectivity index (χ4n) is 3.14. The Morgan fingerprint density at radius 1 is 0.800 bits per heavy atom. The molecule has 0 heterocycles.